The summed E-state index contributed by atoms with van der Waals surface area (Å²) in [5.74, 6) is 0. The number of nitrogens with zero attached hydrogens (tertiary/aromatic N) is 1. The SMILES string of the molecule is CCCC(C)N1CC(CC)(CC)NCC1(CC)CC. The number of nitrogens with one attached hydrogen (secondary N) is 1. The van der Waals surface area contributed by atoms with Gasteiger partial charge in [0.05, 0.1) is 0 Å². The van der Waals surface area contributed by atoms with Crippen molar-refractivity contribution in [1.29, 1.82) is 0 Å². The van der Waals surface area contributed by atoms with Crippen LogP contribution in [0.3, 0.4) is 0 Å². The molecule has 1 rings (SSSR count). The van der Waals surface area contributed by atoms with Gasteiger partial charge in [-0.25, -0.2) is 0 Å². The fourth-order valence-corrected chi connectivity index (χ4v) is 3.83. The van der Waals surface area contributed by atoms with E-state index >= 15 is 0 Å². The molecule has 0 bridgehead atoms. The number of piperazine rings is 1. The molecule has 19 heavy (non-hydrogen) atoms. The van der Waals surface area contributed by atoms with Crippen molar-refractivity contribution in [2.45, 2.75) is 97.2 Å². The van der Waals surface area contributed by atoms with Crippen LogP contribution in [0.4, 0.5) is 0 Å². The highest BCUT2D eigenvalue weighted by atomic mass is 15.3. The molecular formula is C17H36N2. The molecule has 1 unspecified atom stereocenters. The van der Waals surface area contributed by atoms with E-state index in [2.05, 4.69) is 51.8 Å². The van der Waals surface area contributed by atoms with Crippen molar-refractivity contribution in [2.24, 2.45) is 0 Å². The van der Waals surface area contributed by atoms with E-state index in [1.54, 1.807) is 0 Å². The molecule has 0 aromatic carbocycles. The van der Waals surface area contributed by atoms with Crippen LogP contribution in [-0.4, -0.2) is 35.1 Å². The standard InChI is InChI=1S/C17H36N2/c1-7-12-15(6)19-14-16(8-2,9-3)18-13-17(19,10-4)11-5/h15,18H,7-14H2,1-6H3. The molecule has 1 aliphatic heterocycles. The second kappa shape index (κ2) is 7.08. The lowest BCUT2D eigenvalue weighted by atomic mass is 9.79. The molecule has 0 radical (unpaired) electrons. The average molecular weight is 268 g/mol. The smallest absolute Gasteiger partial charge is 0.0332 e. The second-order valence-corrected chi connectivity index (χ2v) is 6.54. The first-order valence-electron chi connectivity index (χ1n) is 8.54. The quantitative estimate of drug-likeness (QED) is 0.744. The highest BCUT2D eigenvalue weighted by Gasteiger charge is 2.45. The third-order valence-corrected chi connectivity index (χ3v) is 5.78. The maximum atomic E-state index is 3.91. The van der Waals surface area contributed by atoms with E-state index < -0.39 is 0 Å². The van der Waals surface area contributed by atoms with Crippen LogP contribution in [0.2, 0.25) is 0 Å². The first kappa shape index (κ1) is 17.0. The zero-order valence-corrected chi connectivity index (χ0v) is 14.2. The van der Waals surface area contributed by atoms with E-state index in [9.17, 15) is 0 Å². The van der Waals surface area contributed by atoms with Crippen LogP contribution in [0.25, 0.3) is 0 Å². The normalized spacial score (nSPS) is 24.3. The number of hydrogen-bond acceptors (Lipinski definition) is 2. The summed E-state index contributed by atoms with van der Waals surface area (Å²) >= 11 is 0. The first-order chi connectivity index (χ1) is 9.03. The van der Waals surface area contributed by atoms with Crippen LogP contribution in [0.15, 0.2) is 0 Å². The lowest BCUT2D eigenvalue weighted by Crippen LogP contribution is -2.71. The minimum atomic E-state index is 0.343. The summed E-state index contributed by atoms with van der Waals surface area (Å²) < 4.78 is 0. The molecule has 1 fully saturated rings. The van der Waals surface area contributed by atoms with Gasteiger partial charge in [-0.1, -0.05) is 41.0 Å². The zero-order chi connectivity index (χ0) is 14.5. The summed E-state index contributed by atoms with van der Waals surface area (Å²) in [5, 5.41) is 3.91. The number of rotatable bonds is 7. The fourth-order valence-electron chi connectivity index (χ4n) is 3.83. The molecule has 1 N–H and O–H groups in total. The van der Waals surface area contributed by atoms with Gasteiger partial charge in [-0.3, -0.25) is 4.90 Å². The summed E-state index contributed by atoms with van der Waals surface area (Å²) in [6.07, 6.45) is 7.61. The number of hydrogen-bond donors (Lipinski definition) is 1. The first-order valence-corrected chi connectivity index (χ1v) is 8.54. The van der Waals surface area contributed by atoms with Gasteiger partial charge in [0.2, 0.25) is 0 Å². The molecule has 0 amide bonds. The van der Waals surface area contributed by atoms with E-state index in [4.69, 9.17) is 0 Å². The summed E-state index contributed by atoms with van der Waals surface area (Å²) in [6.45, 7) is 16.5. The molecule has 1 heterocycles. The average Bonchev–Trinajstić information content (AvgIpc) is 2.47. The molecule has 0 saturated carbocycles. The van der Waals surface area contributed by atoms with E-state index in [0.717, 1.165) is 6.54 Å². The van der Waals surface area contributed by atoms with Gasteiger partial charge < -0.3 is 5.32 Å². The van der Waals surface area contributed by atoms with Gasteiger partial charge in [0, 0.05) is 30.2 Å². The molecule has 1 atom stereocenters. The minimum Gasteiger partial charge on any atom is -0.308 e. The van der Waals surface area contributed by atoms with Gasteiger partial charge in [0.25, 0.3) is 0 Å². The van der Waals surface area contributed by atoms with Crippen molar-refractivity contribution in [1.82, 2.24) is 10.2 Å². The maximum Gasteiger partial charge on any atom is 0.0332 e. The Morgan fingerprint density at radius 3 is 2.00 bits per heavy atom. The van der Waals surface area contributed by atoms with Gasteiger partial charge >= 0.3 is 0 Å². The lowest BCUT2D eigenvalue weighted by Gasteiger charge is -2.56. The summed E-state index contributed by atoms with van der Waals surface area (Å²) in [6, 6.07) is 0.712. The maximum absolute atomic E-state index is 3.91. The van der Waals surface area contributed by atoms with Crippen molar-refractivity contribution >= 4 is 0 Å². The highest BCUT2D eigenvalue weighted by Crippen LogP contribution is 2.35. The molecule has 2 heteroatoms. The largest absolute Gasteiger partial charge is 0.308 e. The van der Waals surface area contributed by atoms with Crippen molar-refractivity contribution in [3.8, 4) is 0 Å². The minimum absolute atomic E-state index is 0.343. The highest BCUT2D eigenvalue weighted by molar-refractivity contribution is 5.05. The Hall–Kier alpha value is -0.0800. The molecule has 0 spiro atoms. The fraction of sp³-hybridized carbons (Fsp3) is 1.00. The summed E-state index contributed by atoms with van der Waals surface area (Å²) in [5.41, 5.74) is 0.721. The molecule has 0 aliphatic carbocycles. The second-order valence-electron chi connectivity index (χ2n) is 6.54. The van der Waals surface area contributed by atoms with E-state index in [1.165, 1.54) is 45.1 Å². The van der Waals surface area contributed by atoms with Crippen molar-refractivity contribution in [2.75, 3.05) is 13.1 Å². The van der Waals surface area contributed by atoms with Gasteiger partial charge in [0.15, 0.2) is 0 Å². The van der Waals surface area contributed by atoms with E-state index in [1.807, 2.05) is 0 Å². The predicted octanol–water partition coefficient (Wildman–Crippen LogP) is 4.20. The molecule has 2 nitrogen and oxygen atoms in total. The molecule has 1 saturated heterocycles. The monoisotopic (exact) mass is 268 g/mol. The predicted molar refractivity (Wildman–Crippen MR) is 85.7 cm³/mol. The van der Waals surface area contributed by atoms with E-state index in [0.29, 0.717) is 17.1 Å². The lowest BCUT2D eigenvalue weighted by molar-refractivity contribution is -0.0329. The Labute approximate surface area is 121 Å². The molecule has 114 valence electrons. The van der Waals surface area contributed by atoms with Gasteiger partial charge in [-0.15, -0.1) is 0 Å². The summed E-state index contributed by atoms with van der Waals surface area (Å²) in [4.78, 5) is 2.85. The van der Waals surface area contributed by atoms with Crippen LogP contribution in [0.5, 0.6) is 0 Å². The summed E-state index contributed by atoms with van der Waals surface area (Å²) in [7, 11) is 0. The van der Waals surface area contributed by atoms with Crippen LogP contribution in [0.1, 0.15) is 80.1 Å². The molecule has 1 aliphatic rings. The van der Waals surface area contributed by atoms with Crippen LogP contribution in [0, 0.1) is 0 Å². The van der Waals surface area contributed by atoms with Crippen LogP contribution in [-0.2, 0) is 0 Å². The van der Waals surface area contributed by atoms with Gasteiger partial charge in [-0.2, -0.15) is 0 Å². The zero-order valence-electron chi connectivity index (χ0n) is 14.2. The Morgan fingerprint density at radius 1 is 1.00 bits per heavy atom. The molecule has 0 aromatic heterocycles. The van der Waals surface area contributed by atoms with Crippen molar-refractivity contribution in [3.63, 3.8) is 0 Å². The molecular weight excluding hydrogens is 232 g/mol. The van der Waals surface area contributed by atoms with E-state index in [-0.39, 0.29) is 0 Å². The third-order valence-electron chi connectivity index (χ3n) is 5.78. The Morgan fingerprint density at radius 2 is 1.58 bits per heavy atom. The molecule has 0 aromatic rings. The Balaban J connectivity index is 2.97. The van der Waals surface area contributed by atoms with Crippen molar-refractivity contribution < 1.29 is 0 Å². The van der Waals surface area contributed by atoms with Gasteiger partial charge in [-0.05, 0) is 39.0 Å². The van der Waals surface area contributed by atoms with Crippen molar-refractivity contribution in [3.05, 3.63) is 0 Å². The Kier molecular flexibility index (Phi) is 6.32. The van der Waals surface area contributed by atoms with Gasteiger partial charge in [0.1, 0.15) is 0 Å². The topological polar surface area (TPSA) is 15.3 Å². The van der Waals surface area contributed by atoms with Crippen LogP contribution >= 0.6 is 0 Å². The van der Waals surface area contributed by atoms with Crippen LogP contribution < -0.4 is 5.32 Å². The third kappa shape index (κ3) is 3.33. The Bertz CT molecular complexity index is 254.